The van der Waals surface area contributed by atoms with Crippen LogP contribution in [-0.2, 0) is 96.1 Å². The van der Waals surface area contributed by atoms with Crippen LogP contribution in [0.15, 0.2) is 49.1 Å². The Hall–Kier alpha value is -9.68. The lowest BCUT2D eigenvalue weighted by Crippen LogP contribution is -2.49. The Kier molecular flexibility index (Phi) is 42.4. The van der Waals surface area contributed by atoms with Crippen LogP contribution in [0.1, 0.15) is 235 Å². The smallest absolute Gasteiger partial charge is 0.334 e. The zero-order chi connectivity index (χ0) is 85.6. The van der Waals surface area contributed by atoms with Crippen molar-refractivity contribution >= 4 is 94.8 Å². The predicted octanol–water partition coefficient (Wildman–Crippen LogP) is 3.42. The summed E-state index contributed by atoms with van der Waals surface area (Å²) in [7, 11) is 0. The predicted molar refractivity (Wildman–Crippen MR) is 424 cm³/mol. The number of allylic oxidation sites excluding steroid dienone is 4. The van der Waals surface area contributed by atoms with E-state index in [1.165, 1.54) is 25.7 Å². The molecule has 8 aliphatic rings. The van der Waals surface area contributed by atoms with Gasteiger partial charge in [-0.1, -0.05) is 52.0 Å². The van der Waals surface area contributed by atoms with E-state index in [0.29, 0.717) is 123 Å². The molecule has 0 bridgehead atoms. The maximum absolute atomic E-state index is 12.1. The molecule has 8 rings (SSSR count). The molecule has 8 N–H and O–H groups in total. The molecule has 8 fully saturated rings. The van der Waals surface area contributed by atoms with Gasteiger partial charge >= 0.3 is 23.9 Å². The molecule has 8 unspecified atom stereocenters. The fourth-order valence-electron chi connectivity index (χ4n) is 14.4. The zero-order valence-corrected chi connectivity index (χ0v) is 69.5. The van der Waals surface area contributed by atoms with Crippen molar-refractivity contribution in [1.82, 2.24) is 82.4 Å². The Morgan fingerprint density at radius 1 is 0.259 bits per heavy atom. The summed E-state index contributed by atoms with van der Waals surface area (Å²) in [6.45, 7) is 34.5. The number of hydrogen-bond acceptors (Lipinski definition) is 24. The van der Waals surface area contributed by atoms with Crippen molar-refractivity contribution in [2.45, 2.75) is 284 Å². The summed E-state index contributed by atoms with van der Waals surface area (Å²) >= 11 is 0. The number of carbonyl (C=O) groups is 16. The number of piperidine rings is 4. The van der Waals surface area contributed by atoms with Crippen LogP contribution in [0.25, 0.3) is 0 Å². The van der Waals surface area contributed by atoms with E-state index < -0.39 is 23.9 Å². The van der Waals surface area contributed by atoms with Crippen LogP contribution >= 0.6 is 0 Å². The fourth-order valence-corrected chi connectivity index (χ4v) is 14.4. The molecule has 36 heteroatoms. The summed E-state index contributed by atoms with van der Waals surface area (Å²) in [6, 6.07) is 3.12. The lowest BCUT2D eigenvalue weighted by atomic mass is 9.98. The molecule has 36 nitrogen and oxygen atoms in total. The first-order valence-electron chi connectivity index (χ1n) is 41.1. The molecule has 8 saturated heterocycles. The first kappa shape index (κ1) is 96.9. The van der Waals surface area contributed by atoms with Gasteiger partial charge in [0.05, 0.1) is 74.7 Å². The zero-order valence-electron chi connectivity index (χ0n) is 69.5. The molecule has 0 aromatic carbocycles. The van der Waals surface area contributed by atoms with Gasteiger partial charge in [0.25, 0.3) is 23.6 Å². The topological polar surface area (TPSA) is 432 Å². The molecule has 0 spiro atoms. The maximum Gasteiger partial charge on any atom is 0.334 e. The van der Waals surface area contributed by atoms with Crippen LogP contribution in [-0.4, -0.2) is 261 Å². The van der Waals surface area contributed by atoms with Crippen molar-refractivity contribution < 1.29 is 96.1 Å². The van der Waals surface area contributed by atoms with Gasteiger partial charge in [-0.2, -0.15) is 0 Å². The van der Waals surface area contributed by atoms with Gasteiger partial charge in [0, 0.05) is 152 Å². The highest BCUT2D eigenvalue weighted by Gasteiger charge is 2.35. The average Bonchev–Trinajstić information content (AvgIpc) is 1.47. The van der Waals surface area contributed by atoms with Crippen molar-refractivity contribution in [2.75, 3.05) is 78.5 Å². The highest BCUT2D eigenvalue weighted by Crippen LogP contribution is 2.28. The molecule has 0 aliphatic carbocycles. The van der Waals surface area contributed by atoms with Gasteiger partial charge in [-0.25, -0.2) is 19.2 Å². The Labute approximate surface area is 681 Å². The molecule has 12 amide bonds. The van der Waals surface area contributed by atoms with E-state index in [1.54, 1.807) is 0 Å². The molecule has 8 aliphatic heterocycles. The van der Waals surface area contributed by atoms with E-state index in [4.69, 9.17) is 19.4 Å². The minimum absolute atomic E-state index is 0.0557. The minimum Gasteiger partial charge on any atom is -0.355 e. The number of likely N-dealkylation sites (tertiary alicyclic amines) is 4. The first-order chi connectivity index (χ1) is 55.1. The monoisotopic (exact) mass is 1640 g/mol. The van der Waals surface area contributed by atoms with Gasteiger partial charge in [0.15, 0.2) is 0 Å². The van der Waals surface area contributed by atoms with E-state index in [9.17, 15) is 76.7 Å². The van der Waals surface area contributed by atoms with Gasteiger partial charge in [-0.15, -0.1) is 20.3 Å². The normalized spacial score (nSPS) is 22.5. The molecule has 648 valence electrons. The Morgan fingerprint density at radius 3 is 0.569 bits per heavy atom. The summed E-state index contributed by atoms with van der Waals surface area (Å²) in [5.41, 5.74) is 1.82. The number of hydroxylamine groups is 8. The van der Waals surface area contributed by atoms with Gasteiger partial charge in [0.1, 0.15) is 0 Å². The van der Waals surface area contributed by atoms with Crippen LogP contribution in [0.2, 0.25) is 0 Å². The van der Waals surface area contributed by atoms with E-state index in [2.05, 4.69) is 144 Å². The fraction of sp³-hybridized carbons (Fsp3) is 0.700. The molecule has 0 aromatic rings. The third-order valence-corrected chi connectivity index (χ3v) is 21.4. The molecule has 116 heavy (non-hydrogen) atoms. The van der Waals surface area contributed by atoms with Crippen LogP contribution in [0.3, 0.4) is 0 Å². The summed E-state index contributed by atoms with van der Waals surface area (Å²) in [5.74, 6) is -5.03. The third kappa shape index (κ3) is 35.0. The highest BCUT2D eigenvalue weighted by atomic mass is 16.8. The van der Waals surface area contributed by atoms with Crippen LogP contribution in [0.5, 0.6) is 0 Å². The number of hydrogen-bond donors (Lipinski definition) is 8. The van der Waals surface area contributed by atoms with Crippen molar-refractivity contribution in [3.63, 3.8) is 0 Å². The lowest BCUT2D eigenvalue weighted by molar-refractivity contribution is -0.186. The number of carbonyl (C=O) groups excluding carboxylic acids is 16. The molecule has 0 aromatic heterocycles. The second-order valence-corrected chi connectivity index (χ2v) is 30.9. The minimum atomic E-state index is -0.611. The van der Waals surface area contributed by atoms with Gasteiger partial charge in [0.2, 0.25) is 47.3 Å². The summed E-state index contributed by atoms with van der Waals surface area (Å²) in [6.07, 6.45) is 16.9. The van der Waals surface area contributed by atoms with E-state index in [1.807, 2.05) is 0 Å². The number of nitrogens with one attached hydrogen (secondary N) is 8. The standard InChI is InChI=1S/4C20H32N4O5/c4*1-14-5-4-6-15(2)23(14)13-18(26)22-11-9-17(25)21-12-10-20(28)29-24-16(3)7-8-19(24)27/h4*14-15H,3-13H2,1-2H3,(H,21,25)(H,22,26)/i21+1,22+1,23+1;18+1,21+1,22+1;17+1,18+1,21+1;17+1,18+1,20+1. The van der Waals surface area contributed by atoms with Crippen LogP contribution in [0.4, 0.5) is 0 Å². The van der Waals surface area contributed by atoms with Crippen molar-refractivity contribution in [3.05, 3.63) is 49.1 Å². The van der Waals surface area contributed by atoms with Crippen molar-refractivity contribution in [3.8, 4) is 0 Å². The highest BCUT2D eigenvalue weighted by molar-refractivity contribution is 5.87. The number of rotatable bonds is 36. The molecule has 8 heterocycles. The summed E-state index contributed by atoms with van der Waals surface area (Å²) in [4.78, 5) is 218. The maximum atomic E-state index is 12.1. The number of nitrogens with zero attached hydrogens (tertiary/aromatic N) is 8. The molecular formula is C80H128N16O20. The van der Waals surface area contributed by atoms with Gasteiger partial charge in [-0.3, -0.25) is 77.1 Å². The van der Waals surface area contributed by atoms with Crippen molar-refractivity contribution in [2.24, 2.45) is 0 Å². The Morgan fingerprint density at radius 2 is 0.414 bits per heavy atom. The SMILES string of the molecule is C=C1CCC(=O)N1OC(=O)CC[15NH]C(=O)CC[15NH]C(=O)C[15N]1C(C)CCCC1C.C=C1CCC(=O)N1OC(=O)CC[15NH]C(=O)CC[15NH][13C](=O)CN1C(C)CCCC1C.C=C1CCC(=O)N1OC(=O)CC[15NH][13C](=O)CCN[13C](=O)CN1C(C)CCCC1C.C=C1CCC(=O)N1O[13C](=O)CCN[13C](=O)CCN[13C](=O)CN1C(C)CCCC1C. The molecular weight excluding hydrogens is 1520 g/mol. The van der Waals surface area contributed by atoms with E-state index in [-0.39, 0.29) is 200 Å². The second kappa shape index (κ2) is 50.7. The quantitative estimate of drug-likeness (QED) is 0.0329. The molecule has 0 radical (unpaired) electrons. The van der Waals surface area contributed by atoms with Crippen molar-refractivity contribution in [1.29, 1.82) is 0 Å². The first-order valence-corrected chi connectivity index (χ1v) is 41.1. The Balaban J connectivity index is 0.000000276. The summed E-state index contributed by atoms with van der Waals surface area (Å²) in [5, 5.41) is 25.2. The van der Waals surface area contributed by atoms with Gasteiger partial charge in [-0.05, 0) is 132 Å². The molecule has 8 atom stereocenters. The summed E-state index contributed by atoms with van der Waals surface area (Å²) < 4.78 is 0. The Bertz CT molecular complexity index is 2940. The average molecular weight is 1650 g/mol. The van der Waals surface area contributed by atoms with E-state index in [0.717, 1.165) is 71.6 Å². The second-order valence-electron chi connectivity index (χ2n) is 30.9. The van der Waals surface area contributed by atoms with Crippen LogP contribution in [0, 0.1) is 0 Å². The van der Waals surface area contributed by atoms with Gasteiger partial charge < -0.3 is 61.9 Å². The largest absolute Gasteiger partial charge is 0.355 e. The van der Waals surface area contributed by atoms with E-state index >= 15 is 0 Å². The molecule has 0 saturated carbocycles. The number of amides is 12. The third-order valence-electron chi connectivity index (χ3n) is 21.4. The lowest BCUT2D eigenvalue weighted by Gasteiger charge is -2.38. The van der Waals surface area contributed by atoms with Crippen LogP contribution < -0.4 is 42.5 Å².